The van der Waals surface area contributed by atoms with Crippen molar-refractivity contribution in [3.8, 4) is 11.3 Å². The molecule has 1 heterocycles. The van der Waals surface area contributed by atoms with E-state index in [9.17, 15) is 18.0 Å². The fourth-order valence-corrected chi connectivity index (χ4v) is 4.04. The number of hydrogen-bond donors (Lipinski definition) is 3. The Bertz CT molecular complexity index is 1040. The molecule has 4 nitrogen and oxygen atoms in total. The zero-order valence-electron chi connectivity index (χ0n) is 16.0. The van der Waals surface area contributed by atoms with Gasteiger partial charge in [-0.3, -0.25) is 4.79 Å². The Labute approximate surface area is 166 Å². The van der Waals surface area contributed by atoms with E-state index in [2.05, 4.69) is 15.6 Å². The van der Waals surface area contributed by atoms with Gasteiger partial charge in [0.25, 0.3) is 0 Å². The summed E-state index contributed by atoms with van der Waals surface area (Å²) in [7, 11) is 0. The van der Waals surface area contributed by atoms with E-state index in [1.807, 2.05) is 0 Å². The molecule has 152 valence electrons. The average molecular weight is 401 g/mol. The van der Waals surface area contributed by atoms with Gasteiger partial charge in [0.1, 0.15) is 17.5 Å². The normalized spacial score (nSPS) is 18.6. The van der Waals surface area contributed by atoms with Gasteiger partial charge in [0, 0.05) is 37.5 Å². The molecule has 1 saturated carbocycles. The molecule has 4 rings (SSSR count). The molecule has 3 aromatic rings. The Morgan fingerprint density at radius 2 is 1.79 bits per heavy atom. The van der Waals surface area contributed by atoms with Crippen molar-refractivity contribution in [2.24, 2.45) is 0 Å². The predicted octanol–water partition coefficient (Wildman–Crippen LogP) is 4.22. The summed E-state index contributed by atoms with van der Waals surface area (Å²) in [4.78, 5) is 14.0. The first kappa shape index (κ1) is 19.5. The first-order valence-electron chi connectivity index (χ1n) is 9.66. The molecule has 1 amide bonds. The summed E-state index contributed by atoms with van der Waals surface area (Å²) >= 11 is 0. The van der Waals surface area contributed by atoms with Crippen LogP contribution in [0.5, 0.6) is 0 Å². The highest BCUT2D eigenvalue weighted by molar-refractivity contribution is 5.92. The van der Waals surface area contributed by atoms with Crippen molar-refractivity contribution in [3.63, 3.8) is 0 Å². The molecule has 1 aliphatic carbocycles. The van der Waals surface area contributed by atoms with Crippen LogP contribution in [0.15, 0.2) is 36.4 Å². The van der Waals surface area contributed by atoms with Crippen LogP contribution in [0.1, 0.15) is 31.2 Å². The summed E-state index contributed by atoms with van der Waals surface area (Å²) in [6, 6.07) is 8.49. The Hall–Kier alpha value is -2.80. The van der Waals surface area contributed by atoms with Gasteiger partial charge < -0.3 is 15.6 Å². The lowest BCUT2D eigenvalue weighted by Gasteiger charge is -2.37. The lowest BCUT2D eigenvalue weighted by atomic mass is 9.74. The fourth-order valence-electron chi connectivity index (χ4n) is 4.04. The topological polar surface area (TPSA) is 56.9 Å². The van der Waals surface area contributed by atoms with Crippen LogP contribution in [0.3, 0.4) is 0 Å². The number of carbonyl (C=O) groups excluding carboxylic acids is 1. The van der Waals surface area contributed by atoms with E-state index in [4.69, 9.17) is 0 Å². The molecule has 1 aromatic heterocycles. The van der Waals surface area contributed by atoms with Crippen LogP contribution in [-0.4, -0.2) is 30.0 Å². The van der Waals surface area contributed by atoms with Gasteiger partial charge in [-0.2, -0.15) is 0 Å². The minimum Gasteiger partial charge on any atom is -0.355 e. The lowest BCUT2D eigenvalue weighted by molar-refractivity contribution is -0.118. The second-order valence-corrected chi connectivity index (χ2v) is 7.53. The Kier molecular flexibility index (Phi) is 5.32. The average Bonchev–Trinajstić information content (AvgIpc) is 3.00. The van der Waals surface area contributed by atoms with Crippen LogP contribution in [0.4, 0.5) is 13.2 Å². The molecule has 2 aromatic carbocycles. The molecule has 1 aliphatic rings. The molecular weight excluding hydrogens is 379 g/mol. The number of aromatic nitrogens is 1. The number of H-pyrrole nitrogens is 1. The van der Waals surface area contributed by atoms with Crippen LogP contribution in [-0.2, 0) is 4.79 Å². The van der Waals surface area contributed by atoms with Gasteiger partial charge in [0.15, 0.2) is 0 Å². The molecule has 0 atom stereocenters. The maximum Gasteiger partial charge on any atom is 0.216 e. The Morgan fingerprint density at radius 3 is 2.48 bits per heavy atom. The van der Waals surface area contributed by atoms with E-state index in [-0.39, 0.29) is 29.2 Å². The molecular formula is C22H22F3N3O. The molecule has 0 bridgehead atoms. The van der Waals surface area contributed by atoms with Gasteiger partial charge in [-0.05, 0) is 60.2 Å². The Balaban J connectivity index is 1.60. The predicted molar refractivity (Wildman–Crippen MR) is 106 cm³/mol. The molecule has 29 heavy (non-hydrogen) atoms. The van der Waals surface area contributed by atoms with Crippen LogP contribution in [0.2, 0.25) is 0 Å². The zero-order valence-corrected chi connectivity index (χ0v) is 16.0. The largest absolute Gasteiger partial charge is 0.355 e. The number of hydrogen-bond acceptors (Lipinski definition) is 2. The summed E-state index contributed by atoms with van der Waals surface area (Å²) in [5.74, 6) is -1.55. The van der Waals surface area contributed by atoms with Gasteiger partial charge >= 0.3 is 0 Å². The SMILES string of the molecule is CC(=O)NCCNC1CC(c2c(-c3ccc(F)cc3)[nH]c3c(F)cc(F)cc23)C1. The zero-order chi connectivity index (χ0) is 20.5. The number of amides is 1. The standard InChI is InChI=1S/C22H22F3N3O/c1-12(29)26-6-7-27-17-8-14(9-17)20-18-10-16(24)11-19(25)22(18)28-21(20)13-2-4-15(23)5-3-13/h2-5,10-11,14,17,27-28H,6-9H2,1H3,(H,26,29). The number of fused-ring (bicyclic) bond motifs is 1. The van der Waals surface area contributed by atoms with E-state index in [0.717, 1.165) is 30.0 Å². The minimum absolute atomic E-state index is 0.0647. The number of rotatable bonds is 6. The Morgan fingerprint density at radius 1 is 1.07 bits per heavy atom. The maximum atomic E-state index is 14.4. The summed E-state index contributed by atoms with van der Waals surface area (Å²) in [6.45, 7) is 2.70. The number of halogens is 3. The van der Waals surface area contributed by atoms with E-state index in [1.54, 1.807) is 12.1 Å². The van der Waals surface area contributed by atoms with Gasteiger partial charge in [-0.25, -0.2) is 13.2 Å². The molecule has 0 saturated heterocycles. The number of aromatic amines is 1. The smallest absolute Gasteiger partial charge is 0.216 e. The number of carbonyl (C=O) groups is 1. The van der Waals surface area contributed by atoms with Gasteiger partial charge in [0.05, 0.1) is 11.2 Å². The molecule has 0 unspecified atom stereocenters. The first-order valence-corrected chi connectivity index (χ1v) is 9.66. The van der Waals surface area contributed by atoms with E-state index < -0.39 is 11.6 Å². The van der Waals surface area contributed by atoms with Crippen LogP contribution >= 0.6 is 0 Å². The highest BCUT2D eigenvalue weighted by Gasteiger charge is 2.34. The van der Waals surface area contributed by atoms with Crippen molar-refractivity contribution in [2.45, 2.75) is 31.7 Å². The van der Waals surface area contributed by atoms with Crippen LogP contribution < -0.4 is 10.6 Å². The third-order valence-corrected chi connectivity index (χ3v) is 5.48. The molecule has 3 N–H and O–H groups in total. The van der Waals surface area contributed by atoms with E-state index >= 15 is 0 Å². The maximum absolute atomic E-state index is 14.4. The quantitative estimate of drug-likeness (QED) is 0.542. The van der Waals surface area contributed by atoms with E-state index in [0.29, 0.717) is 24.2 Å². The van der Waals surface area contributed by atoms with Gasteiger partial charge in [0.2, 0.25) is 5.91 Å². The van der Waals surface area contributed by atoms with E-state index in [1.165, 1.54) is 25.1 Å². The van der Waals surface area contributed by atoms with Gasteiger partial charge in [-0.1, -0.05) is 0 Å². The molecule has 0 radical (unpaired) electrons. The monoisotopic (exact) mass is 401 g/mol. The molecule has 7 heteroatoms. The molecule has 1 fully saturated rings. The van der Waals surface area contributed by atoms with Crippen molar-refractivity contribution in [3.05, 3.63) is 59.4 Å². The summed E-state index contributed by atoms with van der Waals surface area (Å²) in [5.41, 5.74) is 2.57. The lowest BCUT2D eigenvalue weighted by Crippen LogP contribution is -2.43. The summed E-state index contributed by atoms with van der Waals surface area (Å²) < 4.78 is 41.7. The number of benzene rings is 2. The number of nitrogens with one attached hydrogen (secondary N) is 3. The van der Waals surface area contributed by atoms with Gasteiger partial charge in [-0.15, -0.1) is 0 Å². The third kappa shape index (κ3) is 4.00. The van der Waals surface area contributed by atoms with Crippen molar-refractivity contribution in [2.75, 3.05) is 13.1 Å². The summed E-state index contributed by atoms with van der Waals surface area (Å²) in [6.07, 6.45) is 1.64. The van der Waals surface area contributed by atoms with Crippen LogP contribution in [0.25, 0.3) is 22.2 Å². The summed E-state index contributed by atoms with van der Waals surface area (Å²) in [5, 5.41) is 6.65. The van der Waals surface area contributed by atoms with Crippen molar-refractivity contribution >= 4 is 16.8 Å². The second-order valence-electron chi connectivity index (χ2n) is 7.53. The van der Waals surface area contributed by atoms with Crippen LogP contribution in [0, 0.1) is 17.5 Å². The van der Waals surface area contributed by atoms with Crippen molar-refractivity contribution in [1.82, 2.24) is 15.6 Å². The minimum atomic E-state index is -0.640. The highest BCUT2D eigenvalue weighted by atomic mass is 19.1. The fraction of sp³-hybridized carbons (Fsp3) is 0.318. The molecule has 0 spiro atoms. The second kappa shape index (κ2) is 7.91. The highest BCUT2D eigenvalue weighted by Crippen LogP contribution is 2.45. The van der Waals surface area contributed by atoms with Crippen molar-refractivity contribution in [1.29, 1.82) is 0 Å². The van der Waals surface area contributed by atoms with Crippen molar-refractivity contribution < 1.29 is 18.0 Å². The first-order chi connectivity index (χ1) is 13.9. The third-order valence-electron chi connectivity index (χ3n) is 5.48. The molecule has 0 aliphatic heterocycles.